The van der Waals surface area contributed by atoms with Gasteiger partial charge in [-0.1, -0.05) is 47.5 Å². The molecule has 2 rings (SSSR count). The number of benzene rings is 2. The number of para-hydroxylation sites is 1. The second-order valence-corrected chi connectivity index (χ2v) is 4.58. The lowest BCUT2D eigenvalue weighted by molar-refractivity contribution is 0.215. The van der Waals surface area contributed by atoms with Crippen molar-refractivity contribution >= 4 is 11.6 Å². The largest absolute Gasteiger partial charge is 0.496 e. The normalized spacial score (nSPS) is 12.2. The van der Waals surface area contributed by atoms with Gasteiger partial charge in [0.15, 0.2) is 0 Å². The first kappa shape index (κ1) is 12.9. The van der Waals surface area contributed by atoms with Crippen molar-refractivity contribution in [2.45, 2.75) is 13.0 Å². The molecule has 2 nitrogen and oxygen atoms in total. The van der Waals surface area contributed by atoms with Crippen LogP contribution in [0.25, 0.3) is 0 Å². The van der Waals surface area contributed by atoms with Gasteiger partial charge in [-0.05, 0) is 19.1 Å². The summed E-state index contributed by atoms with van der Waals surface area (Å²) < 4.78 is 5.25. The fraction of sp³-hybridized carbons (Fsp3) is 0.200. The Hall–Kier alpha value is -1.51. The third kappa shape index (κ3) is 2.50. The molecule has 0 saturated carbocycles. The van der Waals surface area contributed by atoms with Crippen molar-refractivity contribution in [2.75, 3.05) is 7.11 Å². The molecule has 3 heteroatoms. The zero-order valence-electron chi connectivity index (χ0n) is 10.4. The quantitative estimate of drug-likeness (QED) is 0.913. The Morgan fingerprint density at radius 3 is 2.56 bits per heavy atom. The van der Waals surface area contributed by atoms with E-state index in [1.807, 2.05) is 43.3 Å². The standard InChI is InChI=1S/C15H15ClO2/c1-10-7-8-13(16)12(9-10)15(17)11-5-3-4-6-14(11)18-2/h3-9,15,17H,1-2H3. The van der Waals surface area contributed by atoms with E-state index in [2.05, 4.69) is 0 Å². The van der Waals surface area contributed by atoms with Crippen LogP contribution in [0.3, 0.4) is 0 Å². The van der Waals surface area contributed by atoms with Crippen molar-refractivity contribution in [1.82, 2.24) is 0 Å². The van der Waals surface area contributed by atoms with Gasteiger partial charge < -0.3 is 9.84 Å². The van der Waals surface area contributed by atoms with Gasteiger partial charge in [0.2, 0.25) is 0 Å². The van der Waals surface area contributed by atoms with E-state index in [1.54, 1.807) is 13.2 Å². The first-order valence-corrected chi connectivity index (χ1v) is 6.08. The van der Waals surface area contributed by atoms with E-state index in [1.165, 1.54) is 0 Å². The van der Waals surface area contributed by atoms with Crippen LogP contribution in [0.5, 0.6) is 5.75 Å². The molecule has 0 aliphatic rings. The Kier molecular flexibility index (Phi) is 3.90. The first-order valence-electron chi connectivity index (χ1n) is 5.70. The summed E-state index contributed by atoms with van der Waals surface area (Å²) >= 11 is 6.14. The van der Waals surface area contributed by atoms with E-state index in [4.69, 9.17) is 16.3 Å². The summed E-state index contributed by atoms with van der Waals surface area (Å²) in [6.45, 7) is 1.97. The maximum absolute atomic E-state index is 10.4. The summed E-state index contributed by atoms with van der Waals surface area (Å²) in [6.07, 6.45) is -0.784. The third-order valence-electron chi connectivity index (χ3n) is 2.88. The molecule has 0 radical (unpaired) electrons. The van der Waals surface area contributed by atoms with Gasteiger partial charge in [0.05, 0.1) is 7.11 Å². The van der Waals surface area contributed by atoms with E-state index >= 15 is 0 Å². The Bertz CT molecular complexity index is 552. The molecule has 1 N–H and O–H groups in total. The van der Waals surface area contributed by atoms with Crippen LogP contribution in [0.4, 0.5) is 0 Å². The average molecular weight is 263 g/mol. The number of hydrogen-bond acceptors (Lipinski definition) is 2. The molecule has 0 heterocycles. The highest BCUT2D eigenvalue weighted by molar-refractivity contribution is 6.31. The summed E-state index contributed by atoms with van der Waals surface area (Å²) in [7, 11) is 1.59. The van der Waals surface area contributed by atoms with Gasteiger partial charge in [-0.25, -0.2) is 0 Å². The lowest BCUT2D eigenvalue weighted by Crippen LogP contribution is -2.03. The monoisotopic (exact) mass is 262 g/mol. The van der Waals surface area contributed by atoms with Crippen LogP contribution in [0.1, 0.15) is 22.8 Å². The third-order valence-corrected chi connectivity index (χ3v) is 3.22. The van der Waals surface area contributed by atoms with Crippen LogP contribution in [0, 0.1) is 6.92 Å². The van der Waals surface area contributed by atoms with Crippen LogP contribution in [0.2, 0.25) is 5.02 Å². The molecule has 0 bridgehead atoms. The Balaban J connectivity index is 2.47. The maximum Gasteiger partial charge on any atom is 0.125 e. The topological polar surface area (TPSA) is 29.5 Å². The molecule has 2 aromatic carbocycles. The summed E-state index contributed by atoms with van der Waals surface area (Å²) in [5.41, 5.74) is 2.47. The number of hydrogen-bond donors (Lipinski definition) is 1. The van der Waals surface area contributed by atoms with E-state index in [-0.39, 0.29) is 0 Å². The zero-order chi connectivity index (χ0) is 13.1. The van der Waals surface area contributed by atoms with Crippen molar-refractivity contribution in [3.63, 3.8) is 0 Å². The van der Waals surface area contributed by atoms with Crippen molar-refractivity contribution in [2.24, 2.45) is 0 Å². The number of methoxy groups -OCH3 is 1. The Morgan fingerprint density at radius 2 is 1.83 bits per heavy atom. The van der Waals surface area contributed by atoms with E-state index < -0.39 is 6.10 Å². The zero-order valence-corrected chi connectivity index (χ0v) is 11.1. The predicted molar refractivity (Wildman–Crippen MR) is 73.2 cm³/mol. The minimum absolute atomic E-state index is 0.555. The molecule has 1 atom stereocenters. The summed E-state index contributed by atoms with van der Waals surface area (Å²) in [4.78, 5) is 0. The van der Waals surface area contributed by atoms with Crippen LogP contribution < -0.4 is 4.74 Å². The Morgan fingerprint density at radius 1 is 1.11 bits per heavy atom. The van der Waals surface area contributed by atoms with Crippen LogP contribution >= 0.6 is 11.6 Å². The van der Waals surface area contributed by atoms with E-state index in [0.717, 1.165) is 5.56 Å². The minimum atomic E-state index is -0.784. The number of rotatable bonds is 3. The molecular formula is C15H15ClO2. The van der Waals surface area contributed by atoms with Gasteiger partial charge in [-0.15, -0.1) is 0 Å². The molecular weight excluding hydrogens is 248 g/mol. The number of halogens is 1. The van der Waals surface area contributed by atoms with Crippen molar-refractivity contribution in [1.29, 1.82) is 0 Å². The highest BCUT2D eigenvalue weighted by atomic mass is 35.5. The molecule has 0 fully saturated rings. The van der Waals surface area contributed by atoms with E-state index in [0.29, 0.717) is 21.9 Å². The van der Waals surface area contributed by atoms with Gasteiger partial charge in [0.1, 0.15) is 11.9 Å². The van der Waals surface area contributed by atoms with Crippen molar-refractivity contribution < 1.29 is 9.84 Å². The number of ether oxygens (including phenoxy) is 1. The maximum atomic E-state index is 10.4. The summed E-state index contributed by atoms with van der Waals surface area (Å²) in [5, 5.41) is 11.0. The lowest BCUT2D eigenvalue weighted by atomic mass is 9.99. The van der Waals surface area contributed by atoms with Crippen LogP contribution in [-0.4, -0.2) is 12.2 Å². The highest BCUT2D eigenvalue weighted by Crippen LogP contribution is 2.33. The van der Waals surface area contributed by atoms with Crippen molar-refractivity contribution in [3.8, 4) is 5.75 Å². The molecule has 0 aliphatic carbocycles. The number of aryl methyl sites for hydroxylation is 1. The molecule has 18 heavy (non-hydrogen) atoms. The average Bonchev–Trinajstić information content (AvgIpc) is 2.40. The molecule has 1 unspecified atom stereocenters. The molecule has 2 aromatic rings. The van der Waals surface area contributed by atoms with Crippen LogP contribution in [-0.2, 0) is 0 Å². The van der Waals surface area contributed by atoms with Gasteiger partial charge in [-0.2, -0.15) is 0 Å². The molecule has 0 saturated heterocycles. The molecule has 0 aromatic heterocycles. The molecule has 0 spiro atoms. The molecule has 0 aliphatic heterocycles. The second-order valence-electron chi connectivity index (χ2n) is 4.17. The number of aliphatic hydroxyl groups is 1. The molecule has 0 amide bonds. The van der Waals surface area contributed by atoms with Gasteiger partial charge in [0.25, 0.3) is 0 Å². The molecule has 94 valence electrons. The summed E-state index contributed by atoms with van der Waals surface area (Å²) in [6, 6.07) is 13.0. The smallest absolute Gasteiger partial charge is 0.125 e. The number of aliphatic hydroxyl groups excluding tert-OH is 1. The van der Waals surface area contributed by atoms with Crippen molar-refractivity contribution in [3.05, 3.63) is 64.2 Å². The van der Waals surface area contributed by atoms with E-state index in [9.17, 15) is 5.11 Å². The SMILES string of the molecule is COc1ccccc1C(O)c1cc(C)ccc1Cl. The second kappa shape index (κ2) is 5.42. The fourth-order valence-electron chi connectivity index (χ4n) is 1.93. The fourth-order valence-corrected chi connectivity index (χ4v) is 2.15. The van der Waals surface area contributed by atoms with Gasteiger partial charge in [-0.3, -0.25) is 0 Å². The Labute approximate surface area is 112 Å². The van der Waals surface area contributed by atoms with Gasteiger partial charge in [0, 0.05) is 16.1 Å². The van der Waals surface area contributed by atoms with Gasteiger partial charge >= 0.3 is 0 Å². The van der Waals surface area contributed by atoms with Crippen LogP contribution in [0.15, 0.2) is 42.5 Å². The highest BCUT2D eigenvalue weighted by Gasteiger charge is 2.17. The lowest BCUT2D eigenvalue weighted by Gasteiger charge is -2.16. The summed E-state index contributed by atoms with van der Waals surface area (Å²) in [5.74, 6) is 0.655. The minimum Gasteiger partial charge on any atom is -0.496 e. The first-order chi connectivity index (χ1) is 8.63. The predicted octanol–water partition coefficient (Wildman–Crippen LogP) is 3.74.